The minimum absolute atomic E-state index is 0.00994. The Balaban J connectivity index is 2.03. The summed E-state index contributed by atoms with van der Waals surface area (Å²) in [4.78, 5) is 65.4. The number of aromatic amines is 1. The Hall–Kier alpha value is -3.49. The maximum atomic E-state index is 13.1. The van der Waals surface area contributed by atoms with Crippen molar-refractivity contribution in [2.24, 2.45) is 0 Å². The quantitative estimate of drug-likeness (QED) is 0.412. The average molecular weight is 456 g/mol. The van der Waals surface area contributed by atoms with E-state index in [1.165, 1.54) is 6.20 Å². The normalized spacial score (nSPS) is 19.1. The highest BCUT2D eigenvalue weighted by Crippen LogP contribution is 2.38. The van der Waals surface area contributed by atoms with Gasteiger partial charge in [-0.25, -0.2) is 4.79 Å². The summed E-state index contributed by atoms with van der Waals surface area (Å²) in [6, 6.07) is 4.95. The number of imide groups is 1. The van der Waals surface area contributed by atoms with Crippen molar-refractivity contribution in [3.05, 3.63) is 45.7 Å². The first-order valence-electron chi connectivity index (χ1n) is 11.2. The molecule has 1 aliphatic heterocycles. The second kappa shape index (κ2) is 9.97. The zero-order chi connectivity index (χ0) is 24.2. The van der Waals surface area contributed by atoms with Crippen LogP contribution >= 0.6 is 0 Å². The SMILES string of the molecule is CCOC(=O)c1c[nH]c2ccc(C3(CCC(=O)NC(C)CC)CCC(=O)NC3=O)cc2c1=O. The van der Waals surface area contributed by atoms with Crippen LogP contribution in [0.1, 0.15) is 68.8 Å². The van der Waals surface area contributed by atoms with Gasteiger partial charge in [0.25, 0.3) is 0 Å². The van der Waals surface area contributed by atoms with E-state index in [4.69, 9.17) is 4.74 Å². The van der Waals surface area contributed by atoms with Gasteiger partial charge in [-0.05, 0) is 50.8 Å². The summed E-state index contributed by atoms with van der Waals surface area (Å²) in [6.07, 6.45) is 2.69. The highest BCUT2D eigenvalue weighted by Gasteiger charge is 2.44. The maximum absolute atomic E-state index is 13.1. The summed E-state index contributed by atoms with van der Waals surface area (Å²) in [5.41, 5.74) is -0.786. The van der Waals surface area contributed by atoms with Crippen LogP contribution in [0.15, 0.2) is 29.2 Å². The third-order valence-corrected chi connectivity index (χ3v) is 6.19. The van der Waals surface area contributed by atoms with E-state index in [2.05, 4.69) is 15.6 Å². The fraction of sp³-hybridized carbons (Fsp3) is 0.458. The van der Waals surface area contributed by atoms with Crippen LogP contribution in [-0.4, -0.2) is 41.3 Å². The monoisotopic (exact) mass is 455 g/mol. The summed E-state index contributed by atoms with van der Waals surface area (Å²) in [5, 5.41) is 5.50. The first kappa shape index (κ1) is 24.2. The Kier molecular flexibility index (Phi) is 7.30. The highest BCUT2D eigenvalue weighted by atomic mass is 16.5. The van der Waals surface area contributed by atoms with Crippen LogP contribution in [0.3, 0.4) is 0 Å². The van der Waals surface area contributed by atoms with Crippen molar-refractivity contribution in [2.75, 3.05) is 6.61 Å². The van der Waals surface area contributed by atoms with Crippen molar-refractivity contribution in [3.8, 4) is 0 Å². The Morgan fingerprint density at radius 1 is 1.21 bits per heavy atom. The molecule has 0 bridgehead atoms. The third-order valence-electron chi connectivity index (χ3n) is 6.19. The number of H-pyrrole nitrogens is 1. The van der Waals surface area contributed by atoms with Crippen LogP contribution < -0.4 is 16.1 Å². The predicted molar refractivity (Wildman–Crippen MR) is 122 cm³/mol. The number of esters is 1. The summed E-state index contributed by atoms with van der Waals surface area (Å²) < 4.78 is 4.95. The first-order valence-corrected chi connectivity index (χ1v) is 11.2. The molecule has 2 unspecified atom stereocenters. The molecule has 1 aromatic carbocycles. The molecule has 0 spiro atoms. The second-order valence-electron chi connectivity index (χ2n) is 8.35. The molecule has 9 heteroatoms. The number of fused-ring (bicyclic) bond motifs is 1. The number of rotatable bonds is 8. The van der Waals surface area contributed by atoms with Crippen molar-refractivity contribution in [1.82, 2.24) is 15.6 Å². The van der Waals surface area contributed by atoms with Gasteiger partial charge >= 0.3 is 5.97 Å². The number of pyridine rings is 1. The van der Waals surface area contributed by atoms with Crippen molar-refractivity contribution < 1.29 is 23.9 Å². The van der Waals surface area contributed by atoms with E-state index in [-0.39, 0.29) is 61.1 Å². The van der Waals surface area contributed by atoms with E-state index in [9.17, 15) is 24.0 Å². The smallest absolute Gasteiger partial charge is 0.343 e. The Morgan fingerprint density at radius 3 is 2.64 bits per heavy atom. The van der Waals surface area contributed by atoms with Gasteiger partial charge in [-0.1, -0.05) is 13.0 Å². The third kappa shape index (κ3) is 4.97. The summed E-state index contributed by atoms with van der Waals surface area (Å²) in [7, 11) is 0. The molecule has 0 radical (unpaired) electrons. The van der Waals surface area contributed by atoms with Gasteiger partial charge in [-0.15, -0.1) is 0 Å². The first-order chi connectivity index (χ1) is 15.7. The summed E-state index contributed by atoms with van der Waals surface area (Å²) in [5.74, 6) is -1.78. The van der Waals surface area contributed by atoms with Gasteiger partial charge in [0.15, 0.2) is 0 Å². The van der Waals surface area contributed by atoms with Crippen LogP contribution in [-0.2, 0) is 24.5 Å². The van der Waals surface area contributed by atoms with E-state index in [1.54, 1.807) is 25.1 Å². The van der Waals surface area contributed by atoms with Crippen molar-refractivity contribution in [2.45, 2.75) is 64.3 Å². The lowest BCUT2D eigenvalue weighted by molar-refractivity contribution is -0.138. The van der Waals surface area contributed by atoms with E-state index < -0.39 is 22.7 Å². The van der Waals surface area contributed by atoms with Gasteiger partial charge in [-0.3, -0.25) is 24.5 Å². The number of hydrogen-bond acceptors (Lipinski definition) is 6. The molecule has 3 rings (SSSR count). The minimum atomic E-state index is -1.15. The van der Waals surface area contributed by atoms with Gasteiger partial charge in [-0.2, -0.15) is 0 Å². The molecular formula is C24H29N3O6. The van der Waals surface area contributed by atoms with Crippen LogP contribution in [0.2, 0.25) is 0 Å². The maximum Gasteiger partial charge on any atom is 0.343 e. The lowest BCUT2D eigenvalue weighted by Crippen LogP contribution is -2.52. The molecule has 0 aliphatic carbocycles. The zero-order valence-corrected chi connectivity index (χ0v) is 19.1. The average Bonchev–Trinajstić information content (AvgIpc) is 2.79. The van der Waals surface area contributed by atoms with Gasteiger partial charge in [0.05, 0.1) is 12.0 Å². The number of amides is 3. The fourth-order valence-corrected chi connectivity index (χ4v) is 4.06. The number of ether oxygens (including phenoxy) is 1. The van der Waals surface area contributed by atoms with Crippen LogP contribution in [0, 0.1) is 0 Å². The Labute approximate surface area is 191 Å². The van der Waals surface area contributed by atoms with E-state index in [0.717, 1.165) is 6.42 Å². The molecule has 176 valence electrons. The molecule has 1 saturated heterocycles. The van der Waals surface area contributed by atoms with Crippen LogP contribution in [0.4, 0.5) is 0 Å². The lowest BCUT2D eigenvalue weighted by Gasteiger charge is -2.36. The molecule has 2 heterocycles. The predicted octanol–water partition coefficient (Wildman–Crippen LogP) is 2.07. The van der Waals surface area contributed by atoms with E-state index in [1.807, 2.05) is 13.8 Å². The number of piperidine rings is 1. The standard InChI is InChI=1S/C24H29N3O6/c1-4-14(3)26-19(28)8-10-24(11-9-20(29)27-23(24)32)15-6-7-18-16(12-15)21(30)17(13-25-18)22(31)33-5-2/h6-7,12-14H,4-5,8-11H2,1-3H3,(H,25,30)(H,26,28)(H,27,29,32). The fourth-order valence-electron chi connectivity index (χ4n) is 4.06. The zero-order valence-electron chi connectivity index (χ0n) is 19.1. The van der Waals surface area contributed by atoms with Crippen LogP contribution in [0.25, 0.3) is 10.9 Å². The van der Waals surface area contributed by atoms with E-state index in [0.29, 0.717) is 11.1 Å². The molecule has 1 fully saturated rings. The van der Waals surface area contributed by atoms with Gasteiger partial charge in [0, 0.05) is 36.0 Å². The van der Waals surface area contributed by atoms with Gasteiger partial charge in [0.2, 0.25) is 23.2 Å². The summed E-state index contributed by atoms with van der Waals surface area (Å²) >= 11 is 0. The van der Waals surface area contributed by atoms with Crippen molar-refractivity contribution >= 4 is 34.6 Å². The topological polar surface area (TPSA) is 134 Å². The molecule has 2 aromatic rings. The number of benzene rings is 1. The number of hydrogen-bond donors (Lipinski definition) is 3. The van der Waals surface area contributed by atoms with Crippen LogP contribution in [0.5, 0.6) is 0 Å². The number of aromatic nitrogens is 1. The molecule has 1 aromatic heterocycles. The van der Waals surface area contributed by atoms with Gasteiger partial charge < -0.3 is 15.0 Å². The number of carbonyl (C=O) groups is 4. The minimum Gasteiger partial charge on any atom is -0.462 e. The summed E-state index contributed by atoms with van der Waals surface area (Å²) in [6.45, 7) is 5.64. The highest BCUT2D eigenvalue weighted by molar-refractivity contribution is 6.04. The molecule has 0 saturated carbocycles. The lowest BCUT2D eigenvalue weighted by atomic mass is 9.70. The van der Waals surface area contributed by atoms with Crippen molar-refractivity contribution in [1.29, 1.82) is 0 Å². The molecule has 3 N–H and O–H groups in total. The molecule has 33 heavy (non-hydrogen) atoms. The number of nitrogens with one attached hydrogen (secondary N) is 3. The Morgan fingerprint density at radius 2 is 1.97 bits per heavy atom. The van der Waals surface area contributed by atoms with Crippen molar-refractivity contribution in [3.63, 3.8) is 0 Å². The number of carbonyl (C=O) groups excluding carboxylic acids is 4. The molecule has 2 atom stereocenters. The largest absolute Gasteiger partial charge is 0.462 e. The second-order valence-corrected chi connectivity index (χ2v) is 8.35. The molecule has 9 nitrogen and oxygen atoms in total. The molecular weight excluding hydrogens is 426 g/mol. The van der Waals surface area contributed by atoms with E-state index >= 15 is 0 Å². The molecule has 3 amide bonds. The Bertz CT molecular complexity index is 1150. The van der Waals surface area contributed by atoms with Gasteiger partial charge in [0.1, 0.15) is 5.56 Å². The molecule has 1 aliphatic rings.